The van der Waals surface area contributed by atoms with E-state index in [0.717, 1.165) is 25.3 Å². The van der Waals surface area contributed by atoms with E-state index in [2.05, 4.69) is 10.3 Å². The Kier molecular flexibility index (Phi) is 4.80. The van der Waals surface area contributed by atoms with E-state index in [-0.39, 0.29) is 0 Å². The maximum Gasteiger partial charge on any atom is 0.193 e. The number of ether oxygens (including phenoxy) is 1. The number of rotatable bonds is 6. The normalized spacial score (nSPS) is 17.8. The molecule has 2 rings (SSSR count). The fourth-order valence-electron chi connectivity index (χ4n) is 2.44. The zero-order valence-corrected chi connectivity index (χ0v) is 11.6. The van der Waals surface area contributed by atoms with Crippen molar-refractivity contribution in [2.24, 2.45) is 16.1 Å². The molecule has 19 heavy (non-hydrogen) atoms. The van der Waals surface area contributed by atoms with Gasteiger partial charge in [0.05, 0.1) is 0 Å². The van der Waals surface area contributed by atoms with Crippen LogP contribution in [0.25, 0.3) is 0 Å². The van der Waals surface area contributed by atoms with Crippen LogP contribution in [0.3, 0.4) is 0 Å². The summed E-state index contributed by atoms with van der Waals surface area (Å²) in [5.74, 6) is 0.495. The Balaban J connectivity index is 1.86. The lowest BCUT2D eigenvalue weighted by Gasteiger charge is -2.40. The molecular weight excluding hydrogens is 238 g/mol. The Morgan fingerprint density at radius 2 is 2.11 bits per heavy atom. The number of hydrogen-bond acceptors (Lipinski definition) is 2. The largest absolute Gasteiger partial charge is 0.385 e. The average molecular weight is 261 g/mol. The molecule has 0 bridgehead atoms. The van der Waals surface area contributed by atoms with Crippen LogP contribution in [0.2, 0.25) is 0 Å². The lowest BCUT2D eigenvalue weighted by molar-refractivity contribution is 0.0780. The summed E-state index contributed by atoms with van der Waals surface area (Å²) in [6, 6.07) is 9.88. The number of benzene rings is 1. The molecular formula is C15H23N3O. The summed E-state index contributed by atoms with van der Waals surface area (Å²) >= 11 is 0. The van der Waals surface area contributed by atoms with Crippen molar-refractivity contribution in [2.75, 3.05) is 25.6 Å². The molecule has 0 atom stereocenters. The van der Waals surface area contributed by atoms with Gasteiger partial charge in [-0.3, -0.25) is 4.99 Å². The van der Waals surface area contributed by atoms with E-state index in [4.69, 9.17) is 10.5 Å². The molecule has 0 radical (unpaired) electrons. The highest BCUT2D eigenvalue weighted by Crippen LogP contribution is 2.44. The molecule has 1 aliphatic rings. The van der Waals surface area contributed by atoms with Gasteiger partial charge < -0.3 is 15.8 Å². The van der Waals surface area contributed by atoms with Crippen LogP contribution in [0.5, 0.6) is 0 Å². The Labute approximate surface area is 115 Å². The molecule has 0 saturated heterocycles. The number of nitrogens with two attached hydrogens (primary N) is 1. The van der Waals surface area contributed by atoms with Crippen molar-refractivity contribution in [3.63, 3.8) is 0 Å². The third-order valence-electron chi connectivity index (χ3n) is 3.88. The highest BCUT2D eigenvalue weighted by molar-refractivity contribution is 5.92. The maximum atomic E-state index is 5.93. The Morgan fingerprint density at radius 1 is 1.37 bits per heavy atom. The van der Waals surface area contributed by atoms with Crippen LogP contribution in [0.1, 0.15) is 25.7 Å². The van der Waals surface area contributed by atoms with E-state index in [9.17, 15) is 0 Å². The molecule has 0 heterocycles. The van der Waals surface area contributed by atoms with Crippen LogP contribution < -0.4 is 11.1 Å². The number of guanidine groups is 1. The molecule has 3 N–H and O–H groups in total. The second-order valence-electron chi connectivity index (χ2n) is 5.29. The maximum absolute atomic E-state index is 5.93. The van der Waals surface area contributed by atoms with Gasteiger partial charge in [-0.05, 0) is 36.8 Å². The number of methoxy groups -OCH3 is 1. The fraction of sp³-hybridized carbons (Fsp3) is 0.533. The molecule has 1 aromatic rings. The van der Waals surface area contributed by atoms with E-state index in [0.29, 0.717) is 11.4 Å². The van der Waals surface area contributed by atoms with Gasteiger partial charge in [0.15, 0.2) is 5.96 Å². The van der Waals surface area contributed by atoms with Crippen LogP contribution in [0.15, 0.2) is 35.3 Å². The van der Waals surface area contributed by atoms with Crippen molar-refractivity contribution in [3.8, 4) is 0 Å². The van der Waals surface area contributed by atoms with Crippen molar-refractivity contribution < 1.29 is 4.74 Å². The first kappa shape index (κ1) is 13.9. The number of nitrogens with one attached hydrogen (secondary N) is 1. The topological polar surface area (TPSA) is 59.6 Å². The van der Waals surface area contributed by atoms with Gasteiger partial charge in [-0.25, -0.2) is 0 Å². The summed E-state index contributed by atoms with van der Waals surface area (Å²) in [7, 11) is 1.75. The summed E-state index contributed by atoms with van der Waals surface area (Å²) in [4.78, 5) is 4.49. The van der Waals surface area contributed by atoms with Gasteiger partial charge in [-0.2, -0.15) is 0 Å². The number of anilines is 1. The Morgan fingerprint density at radius 3 is 2.68 bits per heavy atom. The van der Waals surface area contributed by atoms with Gasteiger partial charge in [-0.1, -0.05) is 24.6 Å². The monoisotopic (exact) mass is 261 g/mol. The van der Waals surface area contributed by atoms with Crippen LogP contribution in [0.4, 0.5) is 5.69 Å². The minimum absolute atomic E-state index is 0.318. The lowest BCUT2D eigenvalue weighted by Crippen LogP contribution is -2.35. The summed E-state index contributed by atoms with van der Waals surface area (Å²) < 4.78 is 5.18. The first-order valence-electron chi connectivity index (χ1n) is 6.85. The smallest absolute Gasteiger partial charge is 0.193 e. The van der Waals surface area contributed by atoms with E-state index in [1.54, 1.807) is 7.11 Å². The molecule has 1 aliphatic carbocycles. The second kappa shape index (κ2) is 6.57. The van der Waals surface area contributed by atoms with E-state index in [1.807, 2.05) is 30.3 Å². The average Bonchev–Trinajstić information content (AvgIpc) is 2.38. The molecule has 0 spiro atoms. The van der Waals surface area contributed by atoms with E-state index < -0.39 is 0 Å². The molecule has 104 valence electrons. The molecule has 0 unspecified atom stereocenters. The second-order valence-corrected chi connectivity index (χ2v) is 5.29. The van der Waals surface area contributed by atoms with E-state index >= 15 is 0 Å². The molecule has 0 aromatic heterocycles. The summed E-state index contributed by atoms with van der Waals surface area (Å²) in [5.41, 5.74) is 7.22. The number of nitrogens with zero attached hydrogens (tertiary/aromatic N) is 1. The molecule has 0 aliphatic heterocycles. The first-order valence-corrected chi connectivity index (χ1v) is 6.85. The van der Waals surface area contributed by atoms with Crippen molar-refractivity contribution in [2.45, 2.75) is 25.7 Å². The lowest BCUT2D eigenvalue weighted by atomic mass is 9.67. The molecule has 0 amide bonds. The third kappa shape index (κ3) is 3.96. The van der Waals surface area contributed by atoms with Crippen molar-refractivity contribution in [3.05, 3.63) is 30.3 Å². The number of hydrogen-bond donors (Lipinski definition) is 2. The van der Waals surface area contributed by atoms with Gasteiger partial charge in [-0.15, -0.1) is 0 Å². The minimum atomic E-state index is 0.318. The Bertz CT molecular complexity index is 413. The molecule has 1 aromatic carbocycles. The van der Waals surface area contributed by atoms with Gasteiger partial charge in [0.2, 0.25) is 0 Å². The van der Waals surface area contributed by atoms with E-state index in [1.165, 1.54) is 19.3 Å². The molecule has 4 heteroatoms. The SMILES string of the molecule is COCCC1(CN=C(N)Nc2ccccc2)CCC1. The van der Waals surface area contributed by atoms with Gasteiger partial charge in [0, 0.05) is 25.9 Å². The predicted octanol–water partition coefficient (Wildman–Crippen LogP) is 2.62. The third-order valence-corrected chi connectivity index (χ3v) is 3.88. The predicted molar refractivity (Wildman–Crippen MR) is 79.3 cm³/mol. The van der Waals surface area contributed by atoms with Gasteiger partial charge >= 0.3 is 0 Å². The zero-order valence-electron chi connectivity index (χ0n) is 11.6. The number of para-hydroxylation sites is 1. The van der Waals surface area contributed by atoms with Crippen LogP contribution in [-0.2, 0) is 4.74 Å². The quantitative estimate of drug-likeness (QED) is 0.611. The van der Waals surface area contributed by atoms with Crippen molar-refractivity contribution >= 4 is 11.6 Å². The molecule has 1 saturated carbocycles. The van der Waals surface area contributed by atoms with Crippen LogP contribution in [0, 0.1) is 5.41 Å². The van der Waals surface area contributed by atoms with Crippen molar-refractivity contribution in [1.29, 1.82) is 0 Å². The molecule has 4 nitrogen and oxygen atoms in total. The fourth-order valence-corrected chi connectivity index (χ4v) is 2.44. The van der Waals surface area contributed by atoms with Gasteiger partial charge in [0.1, 0.15) is 0 Å². The zero-order chi connectivity index (χ0) is 13.6. The standard InChI is InChI=1S/C15H23N3O/c1-19-11-10-15(8-5-9-15)12-17-14(16)18-13-6-3-2-4-7-13/h2-4,6-7H,5,8-12H2,1H3,(H3,16,17,18). The van der Waals surface area contributed by atoms with Crippen LogP contribution >= 0.6 is 0 Å². The number of aliphatic imine (C=N–C) groups is 1. The van der Waals surface area contributed by atoms with Gasteiger partial charge in [0.25, 0.3) is 0 Å². The van der Waals surface area contributed by atoms with Crippen molar-refractivity contribution in [1.82, 2.24) is 0 Å². The Hall–Kier alpha value is -1.55. The van der Waals surface area contributed by atoms with Crippen LogP contribution in [-0.4, -0.2) is 26.2 Å². The summed E-state index contributed by atoms with van der Waals surface area (Å²) in [6.07, 6.45) is 4.84. The summed E-state index contributed by atoms with van der Waals surface area (Å²) in [5, 5.41) is 3.12. The first-order chi connectivity index (χ1) is 9.24. The highest BCUT2D eigenvalue weighted by Gasteiger charge is 2.36. The highest BCUT2D eigenvalue weighted by atomic mass is 16.5. The molecule has 1 fully saturated rings. The summed E-state index contributed by atoms with van der Waals surface area (Å²) in [6.45, 7) is 1.60. The minimum Gasteiger partial charge on any atom is -0.385 e.